The topological polar surface area (TPSA) is 36.9 Å². The van der Waals surface area contributed by atoms with Crippen molar-refractivity contribution in [2.75, 3.05) is 0 Å². The van der Waals surface area contributed by atoms with Gasteiger partial charge < -0.3 is 18.9 Å². The fourth-order valence-corrected chi connectivity index (χ4v) is 7.70. The van der Waals surface area contributed by atoms with Gasteiger partial charge in [0.2, 0.25) is 0 Å². The third-order valence-corrected chi connectivity index (χ3v) is 11.1. The summed E-state index contributed by atoms with van der Waals surface area (Å²) in [4.78, 5) is 0. The van der Waals surface area contributed by atoms with Gasteiger partial charge in [-0.25, -0.2) is 0 Å². The molecule has 0 unspecified atom stereocenters. The predicted molar refractivity (Wildman–Crippen MR) is 309 cm³/mol. The molecule has 4 rings (SSSR count). The van der Waals surface area contributed by atoms with Gasteiger partial charge in [-0.1, -0.05) is 163 Å². The van der Waals surface area contributed by atoms with Crippen molar-refractivity contribution in [3.8, 4) is 23.0 Å². The van der Waals surface area contributed by atoms with Crippen LogP contribution in [0.4, 0.5) is 0 Å². The average Bonchev–Trinajstić information content (AvgIpc) is 3.08. The average molecular weight is 966 g/mol. The third-order valence-electron chi connectivity index (χ3n) is 11.1. The molecule has 0 spiro atoms. The molecule has 0 aromatic heterocycles. The van der Waals surface area contributed by atoms with Gasteiger partial charge in [-0.05, 0) is 192 Å². The second-order valence-electron chi connectivity index (χ2n) is 29.2. The maximum absolute atomic E-state index is 6.37. The first-order valence-electron chi connectivity index (χ1n) is 26.1. The summed E-state index contributed by atoms with van der Waals surface area (Å²) in [6, 6.07) is 19.8. The van der Waals surface area contributed by atoms with Crippen LogP contribution in [0.3, 0.4) is 0 Å². The van der Waals surface area contributed by atoms with Crippen molar-refractivity contribution in [3.05, 3.63) is 116 Å². The van der Waals surface area contributed by atoms with Gasteiger partial charge in [-0.2, -0.15) is 0 Å². The van der Waals surface area contributed by atoms with Gasteiger partial charge in [-0.15, -0.1) is 0 Å². The van der Waals surface area contributed by atoms with Crippen molar-refractivity contribution in [2.45, 2.75) is 278 Å². The molecule has 0 aliphatic carbocycles. The molecule has 4 aromatic carbocycles. The van der Waals surface area contributed by atoms with Crippen LogP contribution in [0.5, 0.6) is 23.0 Å². The molecule has 0 aliphatic heterocycles. The first-order chi connectivity index (χ1) is 30.8. The maximum atomic E-state index is 6.37. The van der Waals surface area contributed by atoms with Gasteiger partial charge in [0.25, 0.3) is 0 Å². The Kier molecular flexibility index (Phi) is 20.9. The van der Waals surface area contributed by atoms with Crippen LogP contribution in [0.1, 0.15) is 248 Å². The van der Waals surface area contributed by atoms with Crippen LogP contribution in [0.25, 0.3) is 0 Å². The quantitative estimate of drug-likeness (QED) is 0.204. The summed E-state index contributed by atoms with van der Waals surface area (Å²) in [6.45, 7) is 71.6. The molecule has 4 nitrogen and oxygen atoms in total. The van der Waals surface area contributed by atoms with Gasteiger partial charge in [0, 0.05) is 16.7 Å². The van der Waals surface area contributed by atoms with Gasteiger partial charge >= 0.3 is 0 Å². The van der Waals surface area contributed by atoms with Crippen LogP contribution >= 0.6 is 0 Å². The predicted octanol–water partition coefficient (Wildman–Crippen LogP) is 19.8. The van der Waals surface area contributed by atoms with E-state index >= 15 is 0 Å². The molecule has 0 N–H and O–H groups in total. The Morgan fingerprint density at radius 2 is 0.529 bits per heavy atom. The van der Waals surface area contributed by atoms with Crippen LogP contribution in [0.15, 0.2) is 54.6 Å². The highest BCUT2D eigenvalue weighted by Gasteiger charge is 2.30. The molecule has 0 saturated carbocycles. The highest BCUT2D eigenvalue weighted by molar-refractivity contribution is 5.51. The summed E-state index contributed by atoms with van der Waals surface area (Å²) in [7, 11) is 0. The second kappa shape index (κ2) is 22.9. The van der Waals surface area contributed by atoms with E-state index in [1.54, 1.807) is 0 Å². The van der Waals surface area contributed by atoms with Crippen LogP contribution in [-0.2, 0) is 27.1 Å². The fourth-order valence-electron chi connectivity index (χ4n) is 7.70. The fraction of sp³-hybridized carbons (Fsp3) is 0.636. The van der Waals surface area contributed by atoms with E-state index in [0.29, 0.717) is 0 Å². The van der Waals surface area contributed by atoms with E-state index in [1.807, 2.05) is 0 Å². The number of aryl methyl sites for hydroxylation is 6. The minimum Gasteiger partial charge on any atom is -0.488 e. The van der Waals surface area contributed by atoms with Gasteiger partial charge in [0.15, 0.2) is 0 Å². The lowest BCUT2D eigenvalue weighted by atomic mass is 9.78. The van der Waals surface area contributed by atoms with E-state index in [1.165, 1.54) is 61.2 Å². The molecular formula is C66H108O4. The molecule has 0 atom stereocenters. The van der Waals surface area contributed by atoms with Gasteiger partial charge in [-0.3, -0.25) is 0 Å². The lowest BCUT2D eigenvalue weighted by Crippen LogP contribution is -2.28. The molecule has 4 heteroatoms. The summed E-state index contributed by atoms with van der Waals surface area (Å²) in [5.41, 5.74) is 14.1. The SMILES string of the molecule is Cc1cc(C(C)(C)C)c(OC(C)(C)C)c(C(C)(C)C)c1.Cc1cc(C)c(OC(C)(C)C)c(C(C)(C)C)c1.Cc1cc(OC(C)(C)C)c(C(C)(C)C)cc1C.Cc1ccc(OC(C)(C)C)c(C(C)(C)C)c1. The van der Waals surface area contributed by atoms with Crippen molar-refractivity contribution >= 4 is 0 Å². The monoisotopic (exact) mass is 965 g/mol. The first-order valence-corrected chi connectivity index (χ1v) is 26.1. The highest BCUT2D eigenvalue weighted by atomic mass is 16.5. The Morgan fingerprint density at radius 1 is 0.243 bits per heavy atom. The summed E-state index contributed by atoms with van der Waals surface area (Å²) in [5, 5.41) is 0. The highest BCUT2D eigenvalue weighted by Crippen LogP contribution is 2.43. The molecule has 70 heavy (non-hydrogen) atoms. The maximum Gasteiger partial charge on any atom is 0.127 e. The molecule has 0 radical (unpaired) electrons. The molecule has 0 bridgehead atoms. The Labute approximate surface area is 433 Å². The van der Waals surface area contributed by atoms with Crippen molar-refractivity contribution in [3.63, 3.8) is 0 Å². The minimum absolute atomic E-state index is 0.0760. The zero-order chi connectivity index (χ0) is 55.4. The van der Waals surface area contributed by atoms with Crippen LogP contribution in [-0.4, -0.2) is 22.4 Å². The van der Waals surface area contributed by atoms with Crippen molar-refractivity contribution < 1.29 is 18.9 Å². The van der Waals surface area contributed by atoms with E-state index in [0.717, 1.165) is 23.0 Å². The Morgan fingerprint density at radius 3 is 0.886 bits per heavy atom. The van der Waals surface area contributed by atoms with E-state index < -0.39 is 0 Å². The molecule has 0 heterocycles. The van der Waals surface area contributed by atoms with E-state index in [4.69, 9.17) is 18.9 Å². The number of hydrogen-bond donors (Lipinski definition) is 0. The van der Waals surface area contributed by atoms with E-state index in [-0.39, 0.29) is 49.5 Å². The summed E-state index contributed by atoms with van der Waals surface area (Å²) in [5.74, 6) is 4.15. The summed E-state index contributed by atoms with van der Waals surface area (Å²) in [6.07, 6.45) is 0. The number of hydrogen-bond acceptors (Lipinski definition) is 4. The molecule has 0 amide bonds. The van der Waals surface area contributed by atoms with Crippen molar-refractivity contribution in [1.29, 1.82) is 0 Å². The molecule has 0 aliphatic rings. The molecular weight excluding hydrogens is 857 g/mol. The number of benzene rings is 4. The lowest BCUT2D eigenvalue weighted by molar-refractivity contribution is 0.124. The first kappa shape index (κ1) is 64.1. The normalized spacial score (nSPS) is 12.9. The zero-order valence-corrected chi connectivity index (χ0v) is 51.8. The minimum atomic E-state index is -0.185. The van der Waals surface area contributed by atoms with Crippen molar-refractivity contribution in [1.82, 2.24) is 0 Å². The number of ether oxygens (including phenoxy) is 4. The van der Waals surface area contributed by atoms with Crippen molar-refractivity contribution in [2.24, 2.45) is 0 Å². The van der Waals surface area contributed by atoms with Crippen LogP contribution in [0, 0.1) is 41.5 Å². The van der Waals surface area contributed by atoms with Gasteiger partial charge in [0.05, 0.1) is 0 Å². The van der Waals surface area contributed by atoms with Crippen LogP contribution < -0.4 is 18.9 Å². The molecule has 396 valence electrons. The summed E-state index contributed by atoms with van der Waals surface area (Å²) >= 11 is 0. The Bertz CT molecular complexity index is 2270. The molecule has 4 aromatic rings. The standard InChI is InChI=1S/C19H32O.2C16H26O.C15H24O/c1-13-11-14(17(2,3)4)16(20-19(8,9)10)15(12-13)18(5,6)7;1-11-9-13(15(3,4)5)14(10-12(11)2)17-16(6,7)8;1-11-9-12(2)14(17-16(6,7)8)13(10-11)15(3,4)5;1-11-8-9-13(16-15(5,6)7)12(10-11)14(2,3)4/h11-12H,1-10H3;2*9-10H,1-8H3;8-10H,1-7H3. The van der Waals surface area contributed by atoms with E-state index in [9.17, 15) is 0 Å². The Balaban J connectivity index is 0.000000468. The number of rotatable bonds is 4. The lowest BCUT2D eigenvalue weighted by Gasteiger charge is -2.34. The van der Waals surface area contributed by atoms with Crippen LogP contribution in [0.2, 0.25) is 0 Å². The third kappa shape index (κ3) is 22.2. The molecule has 0 fully saturated rings. The molecule has 0 saturated heterocycles. The summed E-state index contributed by atoms with van der Waals surface area (Å²) < 4.78 is 24.6. The zero-order valence-electron chi connectivity index (χ0n) is 51.8. The smallest absolute Gasteiger partial charge is 0.127 e. The van der Waals surface area contributed by atoms with Gasteiger partial charge in [0.1, 0.15) is 45.4 Å². The van der Waals surface area contributed by atoms with E-state index in [2.05, 4.69) is 283 Å². The second-order valence-corrected chi connectivity index (χ2v) is 29.2. The largest absolute Gasteiger partial charge is 0.488 e. The Hall–Kier alpha value is -3.92.